The van der Waals surface area contributed by atoms with Crippen LogP contribution in [0.1, 0.15) is 23.7 Å². The van der Waals surface area contributed by atoms with Crippen LogP contribution in [0.15, 0.2) is 60.8 Å². The van der Waals surface area contributed by atoms with Gasteiger partial charge in [-0.25, -0.2) is 13.9 Å². The fourth-order valence-corrected chi connectivity index (χ4v) is 3.31. The molecule has 1 fully saturated rings. The lowest BCUT2D eigenvalue weighted by Crippen LogP contribution is -2.40. The smallest absolute Gasteiger partial charge is 0.319 e. The molecule has 3 aromatic rings. The summed E-state index contributed by atoms with van der Waals surface area (Å²) in [5.41, 5.74) is 0.676. The fraction of sp³-hybridized carbons (Fsp3) is 0.143. The van der Waals surface area contributed by atoms with Gasteiger partial charge in [0.15, 0.2) is 0 Å². The van der Waals surface area contributed by atoms with Crippen LogP contribution in [0.5, 0.6) is 0 Å². The van der Waals surface area contributed by atoms with Gasteiger partial charge in [-0.1, -0.05) is 18.2 Å². The van der Waals surface area contributed by atoms with Crippen molar-refractivity contribution in [2.75, 3.05) is 0 Å². The maximum atomic E-state index is 13.4. The van der Waals surface area contributed by atoms with Crippen molar-refractivity contribution in [3.8, 4) is 11.8 Å². The summed E-state index contributed by atoms with van der Waals surface area (Å²) in [5.74, 6) is -0.818. The second-order valence-corrected chi connectivity index (χ2v) is 6.87. The average molecular weight is 389 g/mol. The second kappa shape index (κ2) is 6.87. The topological polar surface area (TPSA) is 91.0 Å². The van der Waals surface area contributed by atoms with E-state index in [0.29, 0.717) is 22.5 Å². The quantitative estimate of drug-likeness (QED) is 0.695. The highest BCUT2D eigenvalue weighted by Gasteiger charge is 2.49. The Bertz CT molecular complexity index is 1170. The van der Waals surface area contributed by atoms with Crippen LogP contribution >= 0.6 is 0 Å². The number of benzene rings is 2. The lowest BCUT2D eigenvalue weighted by atomic mass is 9.91. The molecule has 0 radical (unpaired) electrons. The van der Waals surface area contributed by atoms with Crippen molar-refractivity contribution >= 4 is 11.9 Å². The Morgan fingerprint density at radius 3 is 2.72 bits per heavy atom. The van der Waals surface area contributed by atoms with Gasteiger partial charge in [-0.3, -0.25) is 9.69 Å². The minimum Gasteiger partial charge on any atom is -0.319 e. The molecule has 1 aliphatic rings. The highest BCUT2D eigenvalue weighted by atomic mass is 19.1. The third kappa shape index (κ3) is 3.23. The number of amides is 3. The number of nitrogens with zero attached hydrogens (tertiary/aromatic N) is 4. The molecule has 0 saturated carbocycles. The van der Waals surface area contributed by atoms with Gasteiger partial charge >= 0.3 is 6.03 Å². The van der Waals surface area contributed by atoms with Gasteiger partial charge in [0.25, 0.3) is 5.91 Å². The number of hydrogen-bond acceptors (Lipinski definition) is 4. The Balaban J connectivity index is 1.58. The van der Waals surface area contributed by atoms with E-state index in [1.807, 2.05) is 6.07 Å². The first-order valence-corrected chi connectivity index (χ1v) is 8.86. The summed E-state index contributed by atoms with van der Waals surface area (Å²) in [6, 6.07) is 15.7. The van der Waals surface area contributed by atoms with Gasteiger partial charge in [-0.05, 0) is 48.9 Å². The Labute approximate surface area is 166 Å². The third-order valence-corrected chi connectivity index (χ3v) is 4.88. The van der Waals surface area contributed by atoms with Crippen LogP contribution in [-0.2, 0) is 16.9 Å². The molecule has 7 nitrogen and oxygen atoms in total. The van der Waals surface area contributed by atoms with Crippen LogP contribution in [0.3, 0.4) is 0 Å². The number of nitriles is 1. The van der Waals surface area contributed by atoms with Crippen molar-refractivity contribution in [2.45, 2.75) is 19.0 Å². The highest BCUT2D eigenvalue weighted by Crippen LogP contribution is 2.30. The van der Waals surface area contributed by atoms with Gasteiger partial charge in [0.1, 0.15) is 11.4 Å². The summed E-state index contributed by atoms with van der Waals surface area (Å²) in [4.78, 5) is 26.6. The van der Waals surface area contributed by atoms with E-state index in [-0.39, 0.29) is 12.4 Å². The van der Waals surface area contributed by atoms with Crippen LogP contribution < -0.4 is 5.32 Å². The van der Waals surface area contributed by atoms with Crippen molar-refractivity contribution in [3.05, 3.63) is 83.4 Å². The summed E-state index contributed by atoms with van der Waals surface area (Å²) >= 11 is 0. The van der Waals surface area contributed by atoms with Crippen LogP contribution in [0.4, 0.5) is 9.18 Å². The molecule has 29 heavy (non-hydrogen) atoms. The molecule has 2 heterocycles. The van der Waals surface area contributed by atoms with Crippen LogP contribution in [0.25, 0.3) is 5.69 Å². The number of nitrogens with one attached hydrogen (secondary N) is 1. The minimum absolute atomic E-state index is 0.0273. The van der Waals surface area contributed by atoms with Crippen molar-refractivity contribution < 1.29 is 14.0 Å². The first-order valence-electron chi connectivity index (χ1n) is 8.86. The molecule has 1 unspecified atom stereocenters. The van der Waals surface area contributed by atoms with Crippen molar-refractivity contribution in [3.63, 3.8) is 0 Å². The van der Waals surface area contributed by atoms with Gasteiger partial charge < -0.3 is 5.32 Å². The number of rotatable bonds is 4. The number of aromatic nitrogens is 2. The number of halogens is 1. The Morgan fingerprint density at radius 2 is 1.97 bits per heavy atom. The number of carbonyl (C=O) groups excluding carboxylic acids is 2. The molecule has 3 amide bonds. The first kappa shape index (κ1) is 18.4. The Kier molecular flexibility index (Phi) is 4.35. The zero-order valence-corrected chi connectivity index (χ0v) is 15.5. The molecule has 144 valence electrons. The van der Waals surface area contributed by atoms with Gasteiger partial charge in [0, 0.05) is 6.20 Å². The summed E-state index contributed by atoms with van der Waals surface area (Å²) in [6.45, 7) is 1.58. The van der Waals surface area contributed by atoms with Crippen molar-refractivity contribution in [2.24, 2.45) is 0 Å². The monoisotopic (exact) mass is 389 g/mol. The van der Waals surface area contributed by atoms with E-state index in [1.54, 1.807) is 55.6 Å². The molecule has 0 aliphatic carbocycles. The molecule has 1 atom stereocenters. The SMILES string of the molecule is CC1(c2cccc(C#N)c2)NC(=O)N(Cc2ccn(-c3cccc(F)c3)n2)C1=O. The third-order valence-electron chi connectivity index (χ3n) is 4.88. The average Bonchev–Trinajstić information content (AvgIpc) is 3.27. The Morgan fingerprint density at radius 1 is 1.17 bits per heavy atom. The molecule has 0 bridgehead atoms. The molecule has 0 spiro atoms. The molecule has 1 N–H and O–H groups in total. The maximum absolute atomic E-state index is 13.4. The standard InChI is InChI=1S/C21H16FN5O2/c1-21(15-5-2-4-14(10-15)12-23)19(28)26(20(29)24-21)13-17-8-9-27(25-17)18-7-3-6-16(22)11-18/h2-11H,13H2,1H3,(H,24,29). The molecular weight excluding hydrogens is 373 g/mol. The van der Waals surface area contributed by atoms with E-state index in [2.05, 4.69) is 10.4 Å². The Hall–Kier alpha value is -3.99. The number of imide groups is 1. The maximum Gasteiger partial charge on any atom is 0.325 e. The predicted octanol–water partition coefficient (Wildman–Crippen LogP) is 2.85. The summed E-state index contributed by atoms with van der Waals surface area (Å²) in [7, 11) is 0. The van der Waals surface area contributed by atoms with E-state index in [4.69, 9.17) is 5.26 Å². The van der Waals surface area contributed by atoms with Crippen molar-refractivity contribution in [1.82, 2.24) is 20.0 Å². The lowest BCUT2D eigenvalue weighted by Gasteiger charge is -2.22. The summed E-state index contributed by atoms with van der Waals surface area (Å²) in [5, 5.41) is 16.1. The van der Waals surface area contributed by atoms with E-state index < -0.39 is 17.5 Å². The van der Waals surface area contributed by atoms with E-state index >= 15 is 0 Å². The predicted molar refractivity (Wildman–Crippen MR) is 101 cm³/mol. The minimum atomic E-state index is -1.27. The van der Waals surface area contributed by atoms with Crippen molar-refractivity contribution in [1.29, 1.82) is 5.26 Å². The van der Waals surface area contributed by atoms with Crippen LogP contribution in [-0.4, -0.2) is 26.6 Å². The number of carbonyl (C=O) groups is 2. The summed E-state index contributed by atoms with van der Waals surface area (Å²) in [6.07, 6.45) is 1.64. The van der Waals surface area contributed by atoms with E-state index in [1.165, 1.54) is 16.8 Å². The van der Waals surface area contributed by atoms with Crippen LogP contribution in [0.2, 0.25) is 0 Å². The number of hydrogen-bond donors (Lipinski definition) is 1. The number of urea groups is 1. The second-order valence-electron chi connectivity index (χ2n) is 6.87. The molecule has 2 aromatic carbocycles. The van der Waals surface area contributed by atoms with E-state index in [0.717, 1.165) is 4.90 Å². The summed E-state index contributed by atoms with van der Waals surface area (Å²) < 4.78 is 14.9. The largest absolute Gasteiger partial charge is 0.325 e. The van der Waals surface area contributed by atoms with Gasteiger partial charge in [-0.2, -0.15) is 10.4 Å². The molecule has 1 saturated heterocycles. The molecule has 1 aromatic heterocycles. The first-order chi connectivity index (χ1) is 13.9. The normalized spacial score (nSPS) is 18.6. The molecule has 1 aliphatic heterocycles. The van der Waals surface area contributed by atoms with Crippen LogP contribution in [0, 0.1) is 17.1 Å². The van der Waals surface area contributed by atoms with Gasteiger partial charge in [0.2, 0.25) is 0 Å². The highest BCUT2D eigenvalue weighted by molar-refractivity contribution is 6.07. The van der Waals surface area contributed by atoms with Gasteiger partial charge in [-0.15, -0.1) is 0 Å². The zero-order valence-electron chi connectivity index (χ0n) is 15.5. The fourth-order valence-electron chi connectivity index (χ4n) is 3.31. The zero-order chi connectivity index (χ0) is 20.6. The molecule has 4 rings (SSSR count). The molecular formula is C21H16FN5O2. The lowest BCUT2D eigenvalue weighted by molar-refractivity contribution is -0.131. The van der Waals surface area contributed by atoms with Gasteiger partial charge in [0.05, 0.1) is 29.6 Å². The molecule has 8 heteroatoms. The van der Waals surface area contributed by atoms with E-state index in [9.17, 15) is 14.0 Å².